The molecule has 0 unspecified atom stereocenters. The second kappa shape index (κ2) is 3.11. The molecule has 0 aromatic carbocycles. The molecule has 3 heteroatoms. The third-order valence-electron chi connectivity index (χ3n) is 1.79. The van der Waals surface area contributed by atoms with Gasteiger partial charge in [0, 0.05) is 7.05 Å². The quantitative estimate of drug-likeness (QED) is 0.607. The Morgan fingerprint density at radius 3 is 2.73 bits per heavy atom. The number of cyclic esters (lactones) is 1. The molecule has 1 fully saturated rings. The minimum atomic E-state index is -0.185. The first-order valence-corrected chi connectivity index (χ1v) is 4.01. The van der Waals surface area contributed by atoms with Crippen molar-refractivity contribution in [1.29, 1.82) is 0 Å². The van der Waals surface area contributed by atoms with Gasteiger partial charge in [-0.15, -0.1) is 0 Å². The smallest absolute Gasteiger partial charge is 0.409 e. The predicted molar refractivity (Wildman–Crippen MR) is 42.4 cm³/mol. The van der Waals surface area contributed by atoms with Gasteiger partial charge in [-0.2, -0.15) is 0 Å². The molecule has 0 N–H and O–H groups in total. The monoisotopic (exact) mass is 157 g/mol. The average molecular weight is 157 g/mol. The Balaban J connectivity index is 2.35. The van der Waals surface area contributed by atoms with Crippen LogP contribution in [0.4, 0.5) is 4.79 Å². The summed E-state index contributed by atoms with van der Waals surface area (Å²) in [6.07, 6.45) is 0.902. The molecule has 0 spiro atoms. The van der Waals surface area contributed by atoms with Crippen molar-refractivity contribution in [1.82, 2.24) is 4.90 Å². The fraction of sp³-hybridized carbons (Fsp3) is 0.875. The van der Waals surface area contributed by atoms with Crippen LogP contribution in [0.25, 0.3) is 0 Å². The average Bonchev–Trinajstić information content (AvgIpc) is 2.10. The summed E-state index contributed by atoms with van der Waals surface area (Å²) in [5, 5.41) is 0. The largest absolute Gasteiger partial charge is 0.444 e. The van der Waals surface area contributed by atoms with Crippen molar-refractivity contribution in [2.45, 2.75) is 26.4 Å². The fourth-order valence-corrected chi connectivity index (χ4v) is 1.30. The van der Waals surface area contributed by atoms with Crippen molar-refractivity contribution < 1.29 is 9.53 Å². The lowest BCUT2D eigenvalue weighted by Gasteiger charge is -2.09. The maximum Gasteiger partial charge on any atom is 0.409 e. The predicted octanol–water partition coefficient (Wildman–Crippen LogP) is 1.48. The zero-order chi connectivity index (χ0) is 8.43. The topological polar surface area (TPSA) is 29.5 Å². The van der Waals surface area contributed by atoms with Crippen LogP contribution in [0.3, 0.4) is 0 Å². The van der Waals surface area contributed by atoms with Crippen LogP contribution < -0.4 is 0 Å². The number of carbonyl (C=O) groups is 1. The van der Waals surface area contributed by atoms with Crippen molar-refractivity contribution >= 4 is 6.09 Å². The van der Waals surface area contributed by atoms with Crippen LogP contribution in [-0.2, 0) is 4.74 Å². The summed E-state index contributed by atoms with van der Waals surface area (Å²) in [6.45, 7) is 5.01. The van der Waals surface area contributed by atoms with Gasteiger partial charge in [0.25, 0.3) is 0 Å². The van der Waals surface area contributed by atoms with Crippen molar-refractivity contribution in [2.24, 2.45) is 5.92 Å². The zero-order valence-electron chi connectivity index (χ0n) is 7.33. The van der Waals surface area contributed by atoms with E-state index in [9.17, 15) is 4.79 Å². The lowest BCUT2D eigenvalue weighted by Crippen LogP contribution is -2.19. The van der Waals surface area contributed by atoms with Gasteiger partial charge < -0.3 is 9.64 Å². The van der Waals surface area contributed by atoms with Gasteiger partial charge in [0.15, 0.2) is 0 Å². The summed E-state index contributed by atoms with van der Waals surface area (Å²) < 4.78 is 5.07. The molecule has 11 heavy (non-hydrogen) atoms. The Hall–Kier alpha value is -0.730. The van der Waals surface area contributed by atoms with Crippen LogP contribution in [0.2, 0.25) is 0 Å². The standard InChI is InChI=1S/C8H15NO2/c1-6(2)4-7-5-9(3)8(10)11-7/h6-7H,4-5H2,1-3H3/t7-/m1/s1. The first-order valence-electron chi connectivity index (χ1n) is 4.01. The second-order valence-electron chi connectivity index (χ2n) is 3.52. The van der Waals surface area contributed by atoms with E-state index >= 15 is 0 Å². The van der Waals surface area contributed by atoms with Crippen molar-refractivity contribution in [3.05, 3.63) is 0 Å². The second-order valence-corrected chi connectivity index (χ2v) is 3.52. The van der Waals surface area contributed by atoms with Gasteiger partial charge in [-0.25, -0.2) is 4.79 Å². The summed E-state index contributed by atoms with van der Waals surface area (Å²) in [5.41, 5.74) is 0. The molecule has 0 radical (unpaired) electrons. The summed E-state index contributed by atoms with van der Waals surface area (Å²) in [6, 6.07) is 0. The van der Waals surface area contributed by atoms with E-state index in [1.165, 1.54) is 0 Å². The highest BCUT2D eigenvalue weighted by Crippen LogP contribution is 2.15. The number of ether oxygens (including phenoxy) is 1. The molecule has 1 aliphatic rings. The summed E-state index contributed by atoms with van der Waals surface area (Å²) in [4.78, 5) is 12.5. The molecule has 1 heterocycles. The van der Waals surface area contributed by atoms with Crippen molar-refractivity contribution in [3.63, 3.8) is 0 Å². The number of rotatable bonds is 2. The van der Waals surface area contributed by atoms with Crippen LogP contribution >= 0.6 is 0 Å². The van der Waals surface area contributed by atoms with Gasteiger partial charge in [-0.05, 0) is 12.3 Å². The molecule has 1 atom stereocenters. The molecule has 0 aliphatic carbocycles. The van der Waals surface area contributed by atoms with Gasteiger partial charge in [-0.1, -0.05) is 13.8 Å². The molecule has 0 bridgehead atoms. The molecule has 0 saturated carbocycles. The van der Waals surface area contributed by atoms with E-state index in [4.69, 9.17) is 4.74 Å². The van der Waals surface area contributed by atoms with E-state index in [-0.39, 0.29) is 12.2 Å². The number of likely N-dealkylation sites (N-methyl/N-ethyl adjacent to an activating group) is 1. The van der Waals surface area contributed by atoms with Crippen LogP contribution in [0.1, 0.15) is 20.3 Å². The maximum atomic E-state index is 10.9. The Morgan fingerprint density at radius 2 is 2.36 bits per heavy atom. The lowest BCUT2D eigenvalue weighted by atomic mass is 10.1. The summed E-state index contributed by atoms with van der Waals surface area (Å²) in [5.74, 6) is 0.597. The number of hydrogen-bond acceptors (Lipinski definition) is 2. The molecule has 1 saturated heterocycles. The Labute approximate surface area is 67.3 Å². The number of nitrogens with zero attached hydrogens (tertiary/aromatic N) is 1. The van der Waals surface area contributed by atoms with Gasteiger partial charge in [-0.3, -0.25) is 0 Å². The van der Waals surface area contributed by atoms with Gasteiger partial charge >= 0.3 is 6.09 Å². The molecule has 64 valence electrons. The van der Waals surface area contributed by atoms with E-state index < -0.39 is 0 Å². The van der Waals surface area contributed by atoms with Crippen LogP contribution in [0, 0.1) is 5.92 Å². The van der Waals surface area contributed by atoms with E-state index in [0.29, 0.717) is 5.92 Å². The zero-order valence-corrected chi connectivity index (χ0v) is 7.33. The number of hydrogen-bond donors (Lipinski definition) is 0. The van der Waals surface area contributed by atoms with E-state index in [1.54, 1.807) is 11.9 Å². The van der Waals surface area contributed by atoms with E-state index in [2.05, 4.69) is 13.8 Å². The van der Waals surface area contributed by atoms with E-state index in [1.807, 2.05) is 0 Å². The molecule has 0 aromatic heterocycles. The molecule has 3 nitrogen and oxygen atoms in total. The maximum absolute atomic E-state index is 10.9. The third-order valence-corrected chi connectivity index (χ3v) is 1.79. The fourth-order valence-electron chi connectivity index (χ4n) is 1.30. The Morgan fingerprint density at radius 1 is 1.73 bits per heavy atom. The molecule has 1 aliphatic heterocycles. The Bertz CT molecular complexity index is 156. The van der Waals surface area contributed by atoms with Gasteiger partial charge in [0.2, 0.25) is 0 Å². The summed E-state index contributed by atoms with van der Waals surface area (Å²) >= 11 is 0. The lowest BCUT2D eigenvalue weighted by molar-refractivity contribution is 0.124. The SMILES string of the molecule is CC(C)C[C@@H]1CN(C)C(=O)O1. The van der Waals surface area contributed by atoms with Crippen LogP contribution in [0.5, 0.6) is 0 Å². The first kappa shape index (κ1) is 8.37. The van der Waals surface area contributed by atoms with Gasteiger partial charge in [0.1, 0.15) is 6.10 Å². The Kier molecular flexibility index (Phi) is 2.37. The first-order chi connectivity index (χ1) is 5.09. The highest BCUT2D eigenvalue weighted by atomic mass is 16.6. The molecule has 1 rings (SSSR count). The van der Waals surface area contributed by atoms with Crippen LogP contribution in [0.15, 0.2) is 0 Å². The number of carbonyl (C=O) groups excluding carboxylic acids is 1. The molecule has 1 amide bonds. The molecular weight excluding hydrogens is 142 g/mol. The van der Waals surface area contributed by atoms with E-state index in [0.717, 1.165) is 13.0 Å². The normalized spacial score (nSPS) is 24.5. The van der Waals surface area contributed by atoms with Gasteiger partial charge in [0.05, 0.1) is 6.54 Å². The number of amides is 1. The van der Waals surface area contributed by atoms with Crippen LogP contribution in [-0.4, -0.2) is 30.7 Å². The highest BCUT2D eigenvalue weighted by Gasteiger charge is 2.28. The molecule has 0 aromatic rings. The highest BCUT2D eigenvalue weighted by molar-refractivity contribution is 5.69. The minimum Gasteiger partial charge on any atom is -0.444 e. The van der Waals surface area contributed by atoms with Crippen molar-refractivity contribution in [2.75, 3.05) is 13.6 Å². The summed E-state index contributed by atoms with van der Waals surface area (Å²) in [7, 11) is 1.77. The molecular formula is C8H15NO2. The van der Waals surface area contributed by atoms with Crippen molar-refractivity contribution in [3.8, 4) is 0 Å². The minimum absolute atomic E-state index is 0.118. The third kappa shape index (κ3) is 2.10.